The Morgan fingerprint density at radius 2 is 1.72 bits per heavy atom. The average Bonchev–Trinajstić information content (AvgIpc) is 2.83. The topological polar surface area (TPSA) is 81.0 Å². The molecule has 0 aromatic heterocycles. The summed E-state index contributed by atoms with van der Waals surface area (Å²) in [6, 6.07) is 5.79. The van der Waals surface area contributed by atoms with Gasteiger partial charge in [-0.05, 0) is 73.1 Å². The lowest BCUT2D eigenvalue weighted by Crippen LogP contribution is -2.60. The fourth-order valence-corrected chi connectivity index (χ4v) is 3.88. The molecule has 3 rings (SSSR count). The van der Waals surface area contributed by atoms with Crippen molar-refractivity contribution >= 4 is 18.7 Å². The average molecular weight is 442 g/mol. The van der Waals surface area contributed by atoms with Crippen LogP contribution in [0.15, 0.2) is 12.1 Å². The zero-order chi connectivity index (χ0) is 24.1. The summed E-state index contributed by atoms with van der Waals surface area (Å²) >= 11 is 0. The molecule has 0 spiro atoms. The van der Waals surface area contributed by atoms with E-state index < -0.39 is 23.9 Å². The molecule has 8 heteroatoms. The third-order valence-corrected chi connectivity index (χ3v) is 6.30. The highest BCUT2D eigenvalue weighted by atomic mass is 16.7. The van der Waals surface area contributed by atoms with Crippen LogP contribution >= 0.6 is 0 Å². The number of hydrogen-bond donors (Lipinski definition) is 0. The molecule has 7 nitrogen and oxygen atoms in total. The highest BCUT2D eigenvalue weighted by Crippen LogP contribution is 2.38. The minimum atomic E-state index is -0.630. The first-order valence-electron chi connectivity index (χ1n) is 11.1. The van der Waals surface area contributed by atoms with Gasteiger partial charge in [-0.25, -0.2) is 4.79 Å². The van der Waals surface area contributed by atoms with Crippen molar-refractivity contribution in [1.82, 2.24) is 4.90 Å². The second-order valence-corrected chi connectivity index (χ2v) is 11.3. The summed E-state index contributed by atoms with van der Waals surface area (Å²) in [6.45, 7) is 19.1. The van der Waals surface area contributed by atoms with E-state index in [0.717, 1.165) is 5.56 Å². The molecule has 1 aromatic rings. The monoisotopic (exact) mass is 442 g/mol. The minimum Gasteiger partial charge on any atom is -0.493 e. The fourth-order valence-electron chi connectivity index (χ4n) is 3.88. The van der Waals surface area contributed by atoms with Crippen LogP contribution in [0, 0.1) is 23.7 Å². The van der Waals surface area contributed by atoms with Crippen LogP contribution in [-0.2, 0) is 14.0 Å². The van der Waals surface area contributed by atoms with Crippen LogP contribution in [0.3, 0.4) is 0 Å². The van der Waals surface area contributed by atoms with Crippen LogP contribution in [0.5, 0.6) is 5.75 Å². The lowest BCUT2D eigenvalue weighted by molar-refractivity contribution is -0.0428. The Morgan fingerprint density at radius 1 is 1.16 bits per heavy atom. The van der Waals surface area contributed by atoms with Gasteiger partial charge in [-0.3, -0.25) is 0 Å². The van der Waals surface area contributed by atoms with E-state index >= 15 is 0 Å². The van der Waals surface area contributed by atoms with Gasteiger partial charge in [-0.1, -0.05) is 6.92 Å². The standard InChI is InChI=1S/C24H35BN2O5/c1-16-10-17(12-26)11-18(25-31-22(5,6)23(7,8)32-25)19(16)29-15-24(9)13-27(14-24)20(28)30-21(2,3)4/h10-11H,13-15H2,1-9H3. The molecule has 0 atom stereocenters. The predicted octanol–water partition coefficient (Wildman–Crippen LogP) is 3.80. The lowest BCUT2D eigenvalue weighted by atomic mass is 9.76. The van der Waals surface area contributed by atoms with Crippen LogP contribution in [0.25, 0.3) is 0 Å². The molecule has 174 valence electrons. The summed E-state index contributed by atoms with van der Waals surface area (Å²) in [5.41, 5.74) is 0.387. The molecule has 2 heterocycles. The summed E-state index contributed by atoms with van der Waals surface area (Å²) in [5.74, 6) is 0.666. The lowest BCUT2D eigenvalue weighted by Gasteiger charge is -2.47. The van der Waals surface area contributed by atoms with Crippen molar-refractivity contribution in [2.75, 3.05) is 19.7 Å². The molecule has 0 aliphatic carbocycles. The van der Waals surface area contributed by atoms with Gasteiger partial charge in [0.25, 0.3) is 0 Å². The number of ether oxygens (including phenoxy) is 2. The number of nitrogens with zero attached hydrogens (tertiary/aromatic N) is 2. The number of likely N-dealkylation sites (tertiary alicyclic amines) is 1. The zero-order valence-corrected chi connectivity index (χ0v) is 20.8. The first kappa shape index (κ1) is 24.4. The largest absolute Gasteiger partial charge is 0.498 e. The number of hydrogen-bond acceptors (Lipinski definition) is 6. The highest BCUT2D eigenvalue weighted by Gasteiger charge is 2.53. The van der Waals surface area contributed by atoms with Gasteiger partial charge in [0.2, 0.25) is 0 Å². The van der Waals surface area contributed by atoms with Crippen LogP contribution in [0.4, 0.5) is 4.79 Å². The van der Waals surface area contributed by atoms with Gasteiger partial charge in [0.1, 0.15) is 11.4 Å². The molecular weight excluding hydrogens is 407 g/mol. The van der Waals surface area contributed by atoms with Crippen molar-refractivity contribution in [2.45, 2.75) is 79.1 Å². The number of amides is 1. The molecule has 2 aliphatic heterocycles. The molecule has 2 fully saturated rings. The van der Waals surface area contributed by atoms with Crippen molar-refractivity contribution in [3.63, 3.8) is 0 Å². The third-order valence-electron chi connectivity index (χ3n) is 6.30. The Hall–Kier alpha value is -2.24. The Kier molecular flexibility index (Phi) is 6.08. The molecule has 2 saturated heterocycles. The van der Waals surface area contributed by atoms with Crippen LogP contribution < -0.4 is 10.2 Å². The van der Waals surface area contributed by atoms with Crippen molar-refractivity contribution in [1.29, 1.82) is 5.26 Å². The minimum absolute atomic E-state index is 0.190. The van der Waals surface area contributed by atoms with Crippen LogP contribution in [0.1, 0.15) is 66.5 Å². The molecule has 0 unspecified atom stereocenters. The molecule has 0 saturated carbocycles. The van der Waals surface area contributed by atoms with Crippen molar-refractivity contribution in [2.24, 2.45) is 5.41 Å². The summed E-state index contributed by atoms with van der Waals surface area (Å²) in [5, 5.41) is 9.47. The molecule has 1 aromatic carbocycles. The van der Waals surface area contributed by atoms with E-state index in [2.05, 4.69) is 13.0 Å². The summed E-state index contributed by atoms with van der Waals surface area (Å²) < 4.78 is 24.2. The molecule has 2 aliphatic rings. The van der Waals surface area contributed by atoms with Gasteiger partial charge in [0.15, 0.2) is 0 Å². The smallest absolute Gasteiger partial charge is 0.493 e. The fraction of sp³-hybridized carbons (Fsp3) is 0.667. The molecule has 0 N–H and O–H groups in total. The van der Waals surface area contributed by atoms with Crippen molar-refractivity contribution in [3.8, 4) is 11.8 Å². The predicted molar refractivity (Wildman–Crippen MR) is 123 cm³/mol. The highest BCUT2D eigenvalue weighted by molar-refractivity contribution is 6.63. The van der Waals surface area contributed by atoms with E-state index in [1.54, 1.807) is 17.0 Å². The molecule has 1 amide bonds. The summed E-state index contributed by atoms with van der Waals surface area (Å²) in [4.78, 5) is 14.0. The first-order valence-corrected chi connectivity index (χ1v) is 11.1. The summed E-state index contributed by atoms with van der Waals surface area (Å²) in [7, 11) is -0.630. The maximum absolute atomic E-state index is 12.3. The number of rotatable bonds is 4. The third kappa shape index (κ3) is 4.89. The Balaban J connectivity index is 1.75. The number of carbonyl (C=O) groups is 1. The molecule has 0 bridgehead atoms. The van der Waals surface area contributed by atoms with Gasteiger partial charge in [-0.15, -0.1) is 0 Å². The molecular formula is C24H35BN2O5. The van der Waals surface area contributed by atoms with E-state index in [1.807, 2.05) is 55.4 Å². The van der Waals surface area contributed by atoms with Gasteiger partial charge in [0, 0.05) is 24.0 Å². The second-order valence-electron chi connectivity index (χ2n) is 11.3. The Bertz CT molecular complexity index is 923. The number of benzene rings is 1. The van der Waals surface area contributed by atoms with Gasteiger partial charge in [-0.2, -0.15) is 5.26 Å². The van der Waals surface area contributed by atoms with Gasteiger partial charge in [0.05, 0.1) is 29.4 Å². The zero-order valence-electron chi connectivity index (χ0n) is 20.8. The maximum Gasteiger partial charge on any atom is 0.498 e. The normalized spacial score (nSPS) is 21.0. The number of nitriles is 1. The van der Waals surface area contributed by atoms with Crippen LogP contribution in [0.2, 0.25) is 0 Å². The van der Waals surface area contributed by atoms with E-state index in [9.17, 15) is 10.1 Å². The van der Waals surface area contributed by atoms with Gasteiger partial charge < -0.3 is 23.7 Å². The van der Waals surface area contributed by atoms with E-state index in [-0.39, 0.29) is 11.5 Å². The van der Waals surface area contributed by atoms with E-state index in [0.29, 0.717) is 36.5 Å². The second kappa shape index (κ2) is 7.96. The maximum atomic E-state index is 12.3. The quantitative estimate of drug-likeness (QED) is 0.660. The van der Waals surface area contributed by atoms with Gasteiger partial charge >= 0.3 is 13.2 Å². The Labute approximate surface area is 192 Å². The molecule has 0 radical (unpaired) electrons. The molecule has 32 heavy (non-hydrogen) atoms. The van der Waals surface area contributed by atoms with Crippen molar-refractivity contribution < 1.29 is 23.6 Å². The SMILES string of the molecule is Cc1cc(C#N)cc(B2OC(C)(C)C(C)(C)O2)c1OCC1(C)CN(C(=O)OC(C)(C)C)C1. The van der Waals surface area contributed by atoms with E-state index in [4.69, 9.17) is 18.8 Å². The number of carbonyl (C=O) groups excluding carboxylic acids is 1. The summed E-state index contributed by atoms with van der Waals surface area (Å²) in [6.07, 6.45) is -0.303. The Morgan fingerprint density at radius 3 is 2.22 bits per heavy atom. The van der Waals surface area contributed by atoms with Crippen LogP contribution in [-0.4, -0.2) is 54.6 Å². The van der Waals surface area contributed by atoms with E-state index in [1.165, 1.54) is 0 Å². The number of aryl methyl sites for hydroxylation is 1. The van der Waals surface area contributed by atoms with Crippen molar-refractivity contribution in [3.05, 3.63) is 23.3 Å². The first-order chi connectivity index (χ1) is 14.6.